The van der Waals surface area contributed by atoms with Crippen molar-refractivity contribution >= 4 is 65.2 Å². The Balaban J connectivity index is 0.999. The average Bonchev–Trinajstić information content (AvgIpc) is 3.87. The lowest BCUT2D eigenvalue weighted by Gasteiger charge is -2.15. The van der Waals surface area contributed by atoms with Crippen LogP contribution in [0.4, 0.5) is 0 Å². The van der Waals surface area contributed by atoms with Gasteiger partial charge in [-0.1, -0.05) is 182 Å². The normalized spacial score (nSPS) is 11.8. The molecule has 0 aliphatic rings. The minimum atomic E-state index is 0.627. The topological polar surface area (TPSA) is 48.5 Å². The second kappa shape index (κ2) is 14.5. The molecule has 0 aliphatic carbocycles. The third-order valence-electron chi connectivity index (χ3n) is 12.8. The molecule has 298 valence electrons. The van der Waals surface area contributed by atoms with Crippen LogP contribution < -0.4 is 0 Å². The summed E-state index contributed by atoms with van der Waals surface area (Å²) < 4.78 is 4.84. The fourth-order valence-electron chi connectivity index (χ4n) is 9.85. The molecule has 13 rings (SSSR count). The van der Waals surface area contributed by atoms with Gasteiger partial charge < -0.3 is 9.13 Å². The lowest BCUT2D eigenvalue weighted by Crippen LogP contribution is -2.01. The van der Waals surface area contributed by atoms with Crippen molar-refractivity contribution in [3.05, 3.63) is 224 Å². The standard InChI is InChI=1S/C59H37N5/c1-3-17-40(18-4-1)57-60-58(41-34-32-39(33-35-41)44-25-13-19-38-16-7-8-22-43(38)44)62-59(61-57)49-28-14-27-46-45(49)26-15-31-54(46)64-53-30-12-10-24-48(53)51-36-55-50(37-56(51)64)47-23-9-11-29-52(47)63(55)42-20-5-2-6-21-42/h1-37H. The van der Waals surface area contributed by atoms with Crippen molar-refractivity contribution in [3.63, 3.8) is 0 Å². The molecule has 5 heteroatoms. The van der Waals surface area contributed by atoms with Gasteiger partial charge >= 0.3 is 0 Å². The van der Waals surface area contributed by atoms with Crippen LogP contribution in [0.25, 0.3) is 122 Å². The maximum atomic E-state index is 5.25. The number of hydrogen-bond donors (Lipinski definition) is 0. The van der Waals surface area contributed by atoms with Gasteiger partial charge in [-0.05, 0) is 69.8 Å². The molecule has 0 spiro atoms. The molecule has 0 aliphatic heterocycles. The molecule has 10 aromatic carbocycles. The summed E-state index contributed by atoms with van der Waals surface area (Å²) in [7, 11) is 0. The van der Waals surface area contributed by atoms with Crippen molar-refractivity contribution in [2.24, 2.45) is 0 Å². The van der Waals surface area contributed by atoms with Gasteiger partial charge in [0.05, 0.1) is 27.8 Å². The Morgan fingerprint density at radius 1 is 0.266 bits per heavy atom. The van der Waals surface area contributed by atoms with E-state index < -0.39 is 0 Å². The zero-order chi connectivity index (χ0) is 42.1. The fraction of sp³-hybridized carbons (Fsp3) is 0. The van der Waals surface area contributed by atoms with Gasteiger partial charge in [-0.3, -0.25) is 0 Å². The highest BCUT2D eigenvalue weighted by Gasteiger charge is 2.21. The van der Waals surface area contributed by atoms with E-state index >= 15 is 0 Å². The first kappa shape index (κ1) is 36.0. The fourth-order valence-corrected chi connectivity index (χ4v) is 9.85. The van der Waals surface area contributed by atoms with E-state index in [0.29, 0.717) is 17.5 Å². The van der Waals surface area contributed by atoms with Crippen LogP contribution in [0.3, 0.4) is 0 Å². The molecule has 0 bridgehead atoms. The van der Waals surface area contributed by atoms with Crippen LogP contribution in [-0.2, 0) is 0 Å². The first-order valence-electron chi connectivity index (χ1n) is 21.7. The highest BCUT2D eigenvalue weighted by molar-refractivity contribution is 6.19. The lowest BCUT2D eigenvalue weighted by atomic mass is 9.97. The average molecular weight is 816 g/mol. The number of fused-ring (bicyclic) bond motifs is 8. The highest BCUT2D eigenvalue weighted by Crippen LogP contribution is 2.42. The van der Waals surface area contributed by atoms with Crippen LogP contribution in [0, 0.1) is 0 Å². The number of nitrogens with zero attached hydrogens (tertiary/aromatic N) is 5. The van der Waals surface area contributed by atoms with E-state index in [1.807, 2.05) is 18.2 Å². The molecule has 0 fully saturated rings. The van der Waals surface area contributed by atoms with E-state index in [1.165, 1.54) is 48.9 Å². The molecule has 3 heterocycles. The third-order valence-corrected chi connectivity index (χ3v) is 12.8. The monoisotopic (exact) mass is 815 g/mol. The molecule has 0 saturated carbocycles. The van der Waals surface area contributed by atoms with E-state index in [0.717, 1.165) is 55.4 Å². The maximum Gasteiger partial charge on any atom is 0.164 e. The van der Waals surface area contributed by atoms with Gasteiger partial charge in [-0.25, -0.2) is 15.0 Å². The van der Waals surface area contributed by atoms with E-state index in [9.17, 15) is 0 Å². The minimum absolute atomic E-state index is 0.627. The Bertz CT molecular complexity index is 3940. The first-order chi connectivity index (χ1) is 31.7. The van der Waals surface area contributed by atoms with Crippen molar-refractivity contribution in [2.45, 2.75) is 0 Å². The minimum Gasteiger partial charge on any atom is -0.309 e. The summed E-state index contributed by atoms with van der Waals surface area (Å²) in [6.07, 6.45) is 0. The van der Waals surface area contributed by atoms with Crippen molar-refractivity contribution in [2.75, 3.05) is 0 Å². The first-order valence-corrected chi connectivity index (χ1v) is 21.7. The van der Waals surface area contributed by atoms with Gasteiger partial charge in [0.25, 0.3) is 0 Å². The van der Waals surface area contributed by atoms with E-state index in [-0.39, 0.29) is 0 Å². The van der Waals surface area contributed by atoms with Crippen LogP contribution in [0.1, 0.15) is 0 Å². The summed E-state index contributed by atoms with van der Waals surface area (Å²) in [6.45, 7) is 0. The van der Waals surface area contributed by atoms with Crippen LogP contribution >= 0.6 is 0 Å². The van der Waals surface area contributed by atoms with Gasteiger partial charge in [-0.15, -0.1) is 0 Å². The van der Waals surface area contributed by atoms with Crippen molar-refractivity contribution in [1.82, 2.24) is 24.1 Å². The van der Waals surface area contributed by atoms with Gasteiger partial charge in [-0.2, -0.15) is 0 Å². The maximum absolute atomic E-state index is 5.25. The van der Waals surface area contributed by atoms with Crippen LogP contribution in [-0.4, -0.2) is 24.1 Å². The molecule has 0 unspecified atom stereocenters. The highest BCUT2D eigenvalue weighted by atomic mass is 15.0. The number of aromatic nitrogens is 5. The smallest absolute Gasteiger partial charge is 0.164 e. The van der Waals surface area contributed by atoms with Crippen molar-refractivity contribution in [1.29, 1.82) is 0 Å². The van der Waals surface area contributed by atoms with Gasteiger partial charge in [0.2, 0.25) is 0 Å². The quantitative estimate of drug-likeness (QED) is 0.168. The van der Waals surface area contributed by atoms with Gasteiger partial charge in [0.1, 0.15) is 0 Å². The SMILES string of the molecule is c1ccc(-c2nc(-c3ccc(-c4cccc5ccccc45)cc3)nc(-c3cccc4c(-n5c6ccccc6c6cc7c(cc65)c5ccccc5n7-c5ccccc5)cccc34)n2)cc1. The summed E-state index contributed by atoms with van der Waals surface area (Å²) in [5.74, 6) is 1.89. The molecule has 0 atom stereocenters. The molecule has 5 nitrogen and oxygen atoms in total. The third kappa shape index (κ3) is 5.68. The molecular weight excluding hydrogens is 779 g/mol. The van der Waals surface area contributed by atoms with E-state index in [1.54, 1.807) is 0 Å². The lowest BCUT2D eigenvalue weighted by molar-refractivity contribution is 1.08. The largest absolute Gasteiger partial charge is 0.309 e. The predicted octanol–water partition coefficient (Wildman–Crippen LogP) is 15.0. The summed E-state index contributed by atoms with van der Waals surface area (Å²) in [4.78, 5) is 15.6. The van der Waals surface area contributed by atoms with Crippen LogP contribution in [0.2, 0.25) is 0 Å². The second-order valence-electron chi connectivity index (χ2n) is 16.4. The Hall–Kier alpha value is -8.67. The van der Waals surface area contributed by atoms with Gasteiger partial charge in [0.15, 0.2) is 17.5 Å². The predicted molar refractivity (Wildman–Crippen MR) is 265 cm³/mol. The summed E-state index contributed by atoms with van der Waals surface area (Å²) in [5, 5.41) is 9.48. The van der Waals surface area contributed by atoms with E-state index in [4.69, 9.17) is 15.0 Å². The number of hydrogen-bond acceptors (Lipinski definition) is 3. The number of para-hydroxylation sites is 3. The molecular formula is C59H37N5. The molecule has 64 heavy (non-hydrogen) atoms. The van der Waals surface area contributed by atoms with Gasteiger partial charge in [0, 0.05) is 49.3 Å². The Kier molecular flexibility index (Phi) is 8.15. The zero-order valence-corrected chi connectivity index (χ0v) is 34.6. The molecule has 3 aromatic heterocycles. The molecule has 0 N–H and O–H groups in total. The molecule has 0 amide bonds. The summed E-state index contributed by atoms with van der Waals surface area (Å²) >= 11 is 0. The number of benzene rings is 10. The van der Waals surface area contributed by atoms with Crippen LogP contribution in [0.15, 0.2) is 224 Å². The van der Waals surface area contributed by atoms with E-state index in [2.05, 4.69) is 215 Å². The number of rotatable bonds is 6. The Labute approximate surface area is 368 Å². The Morgan fingerprint density at radius 3 is 1.48 bits per heavy atom. The molecule has 13 aromatic rings. The molecule has 0 saturated heterocycles. The summed E-state index contributed by atoms with van der Waals surface area (Å²) in [5.41, 5.74) is 12.1. The van der Waals surface area contributed by atoms with Crippen LogP contribution in [0.5, 0.6) is 0 Å². The van der Waals surface area contributed by atoms with Crippen molar-refractivity contribution in [3.8, 4) is 56.7 Å². The second-order valence-corrected chi connectivity index (χ2v) is 16.4. The molecule has 0 radical (unpaired) electrons. The van der Waals surface area contributed by atoms with Crippen molar-refractivity contribution < 1.29 is 0 Å². The zero-order valence-electron chi connectivity index (χ0n) is 34.6. The summed E-state index contributed by atoms with van der Waals surface area (Å²) in [6, 6.07) is 79.8. The Morgan fingerprint density at radius 2 is 0.750 bits per heavy atom.